The van der Waals surface area contributed by atoms with Crippen molar-refractivity contribution in [3.8, 4) is 0 Å². The standard InChI is InChI=1S/C38H44O6S2/c1-2-3-4-5-6-7-8-9-10-11-12-13-14-15-16-21-38(36-22-17-19-30-28-32(45(39,40)41)24-26-34(30)36)37-23-18-20-31-29-33(46(42,43)44)25-27-35(31)37/h6-7,9-10,17-29H,2-5,8,11-16H2,1H3,(H,39,40,41)(H,42,43,44)/b7-6+,10-9+. The lowest BCUT2D eigenvalue weighted by molar-refractivity contribution is 0.481. The summed E-state index contributed by atoms with van der Waals surface area (Å²) in [6.07, 6.45) is 23.5. The quantitative estimate of drug-likeness (QED) is 0.0663. The summed E-state index contributed by atoms with van der Waals surface area (Å²) in [4.78, 5) is -0.335. The molecule has 0 aliphatic carbocycles. The van der Waals surface area contributed by atoms with Gasteiger partial charge < -0.3 is 0 Å². The molecule has 4 aromatic carbocycles. The lowest BCUT2D eigenvalue weighted by atomic mass is 9.89. The van der Waals surface area contributed by atoms with Gasteiger partial charge in [0.1, 0.15) is 0 Å². The highest BCUT2D eigenvalue weighted by atomic mass is 32.2. The van der Waals surface area contributed by atoms with E-state index in [1.807, 2.05) is 36.4 Å². The van der Waals surface area contributed by atoms with E-state index in [2.05, 4.69) is 37.3 Å². The molecule has 0 spiro atoms. The van der Waals surface area contributed by atoms with Gasteiger partial charge in [0.05, 0.1) is 9.79 Å². The van der Waals surface area contributed by atoms with Gasteiger partial charge in [-0.3, -0.25) is 9.11 Å². The van der Waals surface area contributed by atoms with Crippen molar-refractivity contribution in [2.75, 3.05) is 0 Å². The summed E-state index contributed by atoms with van der Waals surface area (Å²) >= 11 is 0. The fourth-order valence-corrected chi connectivity index (χ4v) is 6.74. The van der Waals surface area contributed by atoms with Crippen LogP contribution in [0.3, 0.4) is 0 Å². The van der Waals surface area contributed by atoms with Crippen molar-refractivity contribution in [1.82, 2.24) is 0 Å². The summed E-state index contributed by atoms with van der Waals surface area (Å²) in [6, 6.07) is 20.5. The third-order valence-corrected chi connectivity index (χ3v) is 9.83. The molecule has 0 fully saturated rings. The molecule has 0 saturated heterocycles. The molecule has 46 heavy (non-hydrogen) atoms. The van der Waals surface area contributed by atoms with Crippen LogP contribution in [0.1, 0.15) is 88.7 Å². The Morgan fingerprint density at radius 3 is 1.54 bits per heavy atom. The zero-order chi connectivity index (χ0) is 33.0. The first-order valence-corrected chi connectivity index (χ1v) is 19.0. The first-order valence-electron chi connectivity index (χ1n) is 16.1. The Labute approximate surface area is 274 Å². The summed E-state index contributed by atoms with van der Waals surface area (Å²) < 4.78 is 66.4. The van der Waals surface area contributed by atoms with E-state index in [-0.39, 0.29) is 9.79 Å². The number of unbranched alkanes of at least 4 members (excludes halogenated alkanes) is 8. The largest absolute Gasteiger partial charge is 0.294 e. The smallest absolute Gasteiger partial charge is 0.282 e. The van der Waals surface area contributed by atoms with Crippen LogP contribution in [-0.4, -0.2) is 25.9 Å². The van der Waals surface area contributed by atoms with Crippen molar-refractivity contribution in [1.29, 1.82) is 0 Å². The lowest BCUT2D eigenvalue weighted by Gasteiger charge is -2.15. The van der Waals surface area contributed by atoms with Crippen LogP contribution in [0, 0.1) is 0 Å². The fraction of sp³-hybridized carbons (Fsp3) is 0.316. The molecule has 0 saturated carbocycles. The summed E-state index contributed by atoms with van der Waals surface area (Å²) in [5.41, 5.74) is 2.74. The highest BCUT2D eigenvalue weighted by Crippen LogP contribution is 2.36. The topological polar surface area (TPSA) is 109 Å². The van der Waals surface area contributed by atoms with Crippen molar-refractivity contribution < 1.29 is 25.9 Å². The predicted octanol–water partition coefficient (Wildman–Crippen LogP) is 10.3. The first kappa shape index (κ1) is 35.3. The van der Waals surface area contributed by atoms with Gasteiger partial charge in [-0.2, -0.15) is 16.8 Å². The minimum atomic E-state index is -4.35. The van der Waals surface area contributed by atoms with Crippen molar-refractivity contribution in [3.63, 3.8) is 0 Å². The molecule has 0 atom stereocenters. The average molecular weight is 661 g/mol. The summed E-state index contributed by atoms with van der Waals surface area (Å²) in [7, 11) is -8.71. The van der Waals surface area contributed by atoms with Gasteiger partial charge in [0.25, 0.3) is 20.2 Å². The lowest BCUT2D eigenvalue weighted by Crippen LogP contribution is -1.99. The van der Waals surface area contributed by atoms with Crippen molar-refractivity contribution in [2.24, 2.45) is 0 Å². The molecule has 0 amide bonds. The molecular formula is C38H44O6S2. The first-order chi connectivity index (χ1) is 22.1. The molecule has 0 unspecified atom stereocenters. The Hall–Kier alpha value is -3.56. The molecule has 0 bridgehead atoms. The van der Waals surface area contributed by atoms with E-state index in [9.17, 15) is 25.9 Å². The highest BCUT2D eigenvalue weighted by Gasteiger charge is 2.16. The van der Waals surface area contributed by atoms with Crippen LogP contribution in [0.2, 0.25) is 0 Å². The van der Waals surface area contributed by atoms with Gasteiger partial charge in [-0.1, -0.05) is 112 Å². The molecule has 0 radical (unpaired) electrons. The van der Waals surface area contributed by atoms with Gasteiger partial charge in [0.15, 0.2) is 0 Å². The Morgan fingerprint density at radius 2 is 1.07 bits per heavy atom. The fourth-order valence-electron chi connectivity index (χ4n) is 5.70. The van der Waals surface area contributed by atoms with E-state index in [1.54, 1.807) is 12.1 Å². The highest BCUT2D eigenvalue weighted by molar-refractivity contribution is 7.86. The van der Waals surface area contributed by atoms with Gasteiger partial charge in [0.2, 0.25) is 0 Å². The molecular weight excluding hydrogens is 617 g/mol. The molecule has 4 aromatic rings. The van der Waals surface area contributed by atoms with Crippen LogP contribution in [0.25, 0.3) is 27.1 Å². The molecule has 0 heterocycles. The minimum absolute atomic E-state index is 0.167. The molecule has 244 valence electrons. The third-order valence-electron chi connectivity index (χ3n) is 8.13. The second-order valence-electron chi connectivity index (χ2n) is 11.6. The normalized spacial score (nSPS) is 12.5. The number of rotatable bonds is 17. The second kappa shape index (κ2) is 16.8. The van der Waals surface area contributed by atoms with E-state index in [0.717, 1.165) is 72.4 Å². The van der Waals surface area contributed by atoms with E-state index >= 15 is 0 Å². The number of allylic oxidation sites excluding steroid dienone is 5. The molecule has 4 rings (SSSR count). The number of benzene rings is 4. The van der Waals surface area contributed by atoms with E-state index in [0.29, 0.717) is 10.8 Å². The molecule has 2 N–H and O–H groups in total. The van der Waals surface area contributed by atoms with E-state index < -0.39 is 20.2 Å². The predicted molar refractivity (Wildman–Crippen MR) is 189 cm³/mol. The Kier molecular flexibility index (Phi) is 12.9. The average Bonchev–Trinajstić information content (AvgIpc) is 3.03. The van der Waals surface area contributed by atoms with Gasteiger partial charge in [-0.25, -0.2) is 0 Å². The zero-order valence-corrected chi connectivity index (χ0v) is 28.1. The van der Waals surface area contributed by atoms with Crippen molar-refractivity contribution in [2.45, 2.75) is 87.3 Å². The van der Waals surface area contributed by atoms with Gasteiger partial charge in [-0.05, 0) is 107 Å². The monoisotopic (exact) mass is 660 g/mol. The Balaban J connectivity index is 1.52. The molecule has 6 nitrogen and oxygen atoms in total. The number of hydrogen-bond acceptors (Lipinski definition) is 4. The summed E-state index contributed by atoms with van der Waals surface area (Å²) in [5.74, 6) is 0. The van der Waals surface area contributed by atoms with E-state index in [1.165, 1.54) is 49.9 Å². The number of fused-ring (bicyclic) bond motifs is 2. The van der Waals surface area contributed by atoms with Gasteiger partial charge >= 0.3 is 0 Å². The third kappa shape index (κ3) is 9.97. The van der Waals surface area contributed by atoms with Crippen LogP contribution in [-0.2, 0) is 20.2 Å². The molecule has 8 heteroatoms. The number of hydrogen-bond donors (Lipinski definition) is 2. The maximum absolute atomic E-state index is 11.8. The molecule has 0 aromatic heterocycles. The van der Waals surface area contributed by atoms with Crippen molar-refractivity contribution >= 4 is 47.4 Å². The maximum atomic E-state index is 11.8. The van der Waals surface area contributed by atoms with Crippen LogP contribution >= 0.6 is 0 Å². The Bertz CT molecular complexity index is 1820. The molecule has 0 aliphatic heterocycles. The van der Waals surface area contributed by atoms with Crippen LogP contribution in [0.15, 0.2) is 113 Å². The van der Waals surface area contributed by atoms with Crippen LogP contribution < -0.4 is 0 Å². The van der Waals surface area contributed by atoms with Crippen molar-refractivity contribution in [3.05, 3.63) is 114 Å². The van der Waals surface area contributed by atoms with Gasteiger partial charge in [0, 0.05) is 0 Å². The molecule has 0 aliphatic rings. The minimum Gasteiger partial charge on any atom is -0.282 e. The zero-order valence-electron chi connectivity index (χ0n) is 26.4. The Morgan fingerprint density at radius 1 is 0.587 bits per heavy atom. The van der Waals surface area contributed by atoms with Gasteiger partial charge in [-0.15, -0.1) is 0 Å². The second-order valence-corrected chi connectivity index (χ2v) is 14.5. The van der Waals surface area contributed by atoms with Crippen LogP contribution in [0.5, 0.6) is 0 Å². The maximum Gasteiger partial charge on any atom is 0.294 e. The van der Waals surface area contributed by atoms with Crippen LogP contribution in [0.4, 0.5) is 0 Å². The van der Waals surface area contributed by atoms with E-state index in [4.69, 9.17) is 0 Å². The summed E-state index contributed by atoms with van der Waals surface area (Å²) in [5, 5.41) is 3.01. The SMILES string of the molecule is CCCCC/C=C/C/C=C/CCCCCCC=C(c1cccc2cc(S(=O)(=O)O)ccc12)c1cccc2cc(S(=O)(=O)O)ccc12. The summed E-state index contributed by atoms with van der Waals surface area (Å²) in [6.45, 7) is 2.22.